The van der Waals surface area contributed by atoms with E-state index in [1.54, 1.807) is 13.8 Å². The summed E-state index contributed by atoms with van der Waals surface area (Å²) in [5.41, 5.74) is 0.192. The minimum atomic E-state index is -0.673. The van der Waals surface area contributed by atoms with Gasteiger partial charge < -0.3 is 5.11 Å². The molecule has 0 aliphatic carbocycles. The Labute approximate surface area is 81.2 Å². The zero-order valence-corrected chi connectivity index (χ0v) is 8.03. The van der Waals surface area contributed by atoms with Crippen LogP contribution in [0.25, 0.3) is 0 Å². The van der Waals surface area contributed by atoms with E-state index in [2.05, 4.69) is 0 Å². The van der Waals surface area contributed by atoms with Gasteiger partial charge in [-0.1, -0.05) is 0 Å². The Morgan fingerprint density at radius 3 is 2.79 bits per heavy atom. The van der Waals surface area contributed by atoms with E-state index in [9.17, 15) is 14.7 Å². The van der Waals surface area contributed by atoms with Gasteiger partial charge in [0, 0.05) is 0 Å². The van der Waals surface area contributed by atoms with Gasteiger partial charge in [0.1, 0.15) is 11.5 Å². The van der Waals surface area contributed by atoms with Gasteiger partial charge in [-0.15, -0.1) is 0 Å². The van der Waals surface area contributed by atoms with Gasteiger partial charge in [0.15, 0.2) is 5.76 Å². The molecule has 1 aliphatic rings. The van der Waals surface area contributed by atoms with Crippen molar-refractivity contribution in [3.8, 4) is 0 Å². The first-order chi connectivity index (χ1) is 6.61. The summed E-state index contributed by atoms with van der Waals surface area (Å²) in [7, 11) is 0. The van der Waals surface area contributed by atoms with E-state index in [0.717, 1.165) is 0 Å². The molecular weight excluding hydrogens is 186 g/mol. The molecule has 0 aromatic rings. The Bertz CT molecular complexity index is 339. The number of aliphatic hydroxyl groups is 1. The van der Waals surface area contributed by atoms with Gasteiger partial charge in [0.05, 0.1) is 18.8 Å². The van der Waals surface area contributed by atoms with Crippen molar-refractivity contribution in [3.05, 3.63) is 17.0 Å². The number of ketones is 1. The summed E-state index contributed by atoms with van der Waals surface area (Å²) in [6.45, 7) is 3.74. The SMILES string of the molecule is CCON1CC(=C=O)C(=O)C(O)=C1C. The number of nitrogens with zero attached hydrogens (tertiary/aromatic N) is 1. The fraction of sp³-hybridized carbons (Fsp3) is 0.444. The smallest absolute Gasteiger partial charge is 0.238 e. The Hall–Kier alpha value is -1.58. The molecule has 1 N–H and O–H groups in total. The van der Waals surface area contributed by atoms with Crippen molar-refractivity contribution in [2.24, 2.45) is 0 Å². The number of rotatable bonds is 2. The largest absolute Gasteiger partial charge is 0.503 e. The van der Waals surface area contributed by atoms with Gasteiger partial charge in [-0.05, 0) is 13.8 Å². The molecule has 0 aromatic carbocycles. The van der Waals surface area contributed by atoms with Crippen LogP contribution in [0.3, 0.4) is 0 Å². The maximum absolute atomic E-state index is 11.2. The Morgan fingerprint density at radius 2 is 2.29 bits per heavy atom. The Morgan fingerprint density at radius 1 is 1.64 bits per heavy atom. The van der Waals surface area contributed by atoms with Crippen molar-refractivity contribution in [2.45, 2.75) is 13.8 Å². The van der Waals surface area contributed by atoms with Gasteiger partial charge in [-0.25, -0.2) is 9.86 Å². The third-order valence-corrected chi connectivity index (χ3v) is 1.92. The fourth-order valence-corrected chi connectivity index (χ4v) is 1.14. The highest BCUT2D eigenvalue weighted by molar-refractivity contribution is 6.12. The average molecular weight is 197 g/mol. The second kappa shape index (κ2) is 4.09. The number of carbonyl (C=O) groups is 1. The third-order valence-electron chi connectivity index (χ3n) is 1.92. The predicted molar refractivity (Wildman–Crippen MR) is 47.9 cm³/mol. The standard InChI is InChI=1S/C9H11NO4/c1-3-14-10-4-7(5-11)9(13)8(12)6(10)2/h12H,3-4H2,1-2H3. The molecule has 0 radical (unpaired) electrons. The molecule has 0 fully saturated rings. The molecule has 0 bridgehead atoms. The molecular formula is C9H11NO4. The highest BCUT2D eigenvalue weighted by atomic mass is 16.7. The lowest BCUT2D eigenvalue weighted by atomic mass is 10.1. The molecule has 1 heterocycles. The molecule has 0 atom stereocenters. The Balaban J connectivity index is 3.05. The zero-order chi connectivity index (χ0) is 10.7. The van der Waals surface area contributed by atoms with Gasteiger partial charge in [-0.2, -0.15) is 0 Å². The summed E-state index contributed by atoms with van der Waals surface area (Å²) in [4.78, 5) is 26.7. The molecule has 14 heavy (non-hydrogen) atoms. The number of aliphatic hydroxyl groups excluding tert-OH is 1. The number of hydroxylamine groups is 2. The van der Waals surface area contributed by atoms with E-state index in [0.29, 0.717) is 12.3 Å². The van der Waals surface area contributed by atoms with Gasteiger partial charge in [0.25, 0.3) is 0 Å². The molecule has 5 nitrogen and oxygen atoms in total. The van der Waals surface area contributed by atoms with Crippen LogP contribution in [-0.2, 0) is 14.4 Å². The van der Waals surface area contributed by atoms with Crippen LogP contribution in [-0.4, -0.2) is 35.0 Å². The van der Waals surface area contributed by atoms with Crippen LogP contribution in [0.4, 0.5) is 0 Å². The molecule has 76 valence electrons. The number of hydrogen-bond acceptors (Lipinski definition) is 5. The zero-order valence-electron chi connectivity index (χ0n) is 8.03. The summed E-state index contributed by atoms with van der Waals surface area (Å²) in [5.74, 6) is 0.366. The lowest BCUT2D eigenvalue weighted by molar-refractivity contribution is -0.136. The second-order valence-corrected chi connectivity index (χ2v) is 2.80. The van der Waals surface area contributed by atoms with E-state index >= 15 is 0 Å². The predicted octanol–water partition coefficient (Wildman–Crippen LogP) is 0.370. The first-order valence-electron chi connectivity index (χ1n) is 4.20. The van der Waals surface area contributed by atoms with Gasteiger partial charge in [0.2, 0.25) is 5.78 Å². The molecule has 0 saturated heterocycles. The van der Waals surface area contributed by atoms with Crippen LogP contribution >= 0.6 is 0 Å². The van der Waals surface area contributed by atoms with Gasteiger partial charge in [-0.3, -0.25) is 9.63 Å². The summed E-state index contributed by atoms with van der Waals surface area (Å²) < 4.78 is 0. The number of hydrogen-bond donors (Lipinski definition) is 1. The van der Waals surface area contributed by atoms with E-state index in [-0.39, 0.29) is 12.1 Å². The average Bonchev–Trinajstić information content (AvgIpc) is 2.19. The normalized spacial score (nSPS) is 17.4. The maximum atomic E-state index is 11.2. The quantitative estimate of drug-likeness (QED) is 0.511. The van der Waals surface area contributed by atoms with Crippen LogP contribution in [0.2, 0.25) is 0 Å². The summed E-state index contributed by atoms with van der Waals surface area (Å²) in [6, 6.07) is 0. The van der Waals surface area contributed by atoms with E-state index < -0.39 is 11.5 Å². The van der Waals surface area contributed by atoms with Crippen LogP contribution in [0.15, 0.2) is 17.0 Å². The third kappa shape index (κ3) is 1.69. The van der Waals surface area contributed by atoms with Gasteiger partial charge >= 0.3 is 0 Å². The minimum absolute atomic E-state index is 0.0338. The van der Waals surface area contributed by atoms with Crippen LogP contribution < -0.4 is 0 Å². The van der Waals surface area contributed by atoms with Crippen molar-refractivity contribution in [3.63, 3.8) is 0 Å². The van der Waals surface area contributed by atoms with Crippen LogP contribution in [0.5, 0.6) is 0 Å². The first kappa shape index (κ1) is 10.5. The van der Waals surface area contributed by atoms with Crippen molar-refractivity contribution >= 4 is 11.7 Å². The summed E-state index contributed by atoms with van der Waals surface area (Å²) in [6.07, 6.45) is 0. The van der Waals surface area contributed by atoms with Crippen LogP contribution in [0.1, 0.15) is 13.8 Å². The molecule has 5 heteroatoms. The minimum Gasteiger partial charge on any atom is -0.503 e. The van der Waals surface area contributed by atoms with E-state index in [4.69, 9.17) is 4.84 Å². The van der Waals surface area contributed by atoms with Crippen molar-refractivity contribution in [2.75, 3.05) is 13.2 Å². The highest BCUT2D eigenvalue weighted by Gasteiger charge is 2.29. The monoisotopic (exact) mass is 197 g/mol. The summed E-state index contributed by atoms with van der Waals surface area (Å²) in [5, 5.41) is 10.7. The molecule has 0 aromatic heterocycles. The second-order valence-electron chi connectivity index (χ2n) is 2.80. The topological polar surface area (TPSA) is 66.8 Å². The maximum Gasteiger partial charge on any atom is 0.238 e. The summed E-state index contributed by atoms with van der Waals surface area (Å²) >= 11 is 0. The molecule has 1 rings (SSSR count). The van der Waals surface area contributed by atoms with E-state index in [1.165, 1.54) is 11.0 Å². The van der Waals surface area contributed by atoms with Crippen molar-refractivity contribution in [1.29, 1.82) is 0 Å². The molecule has 1 aliphatic heterocycles. The fourth-order valence-electron chi connectivity index (χ4n) is 1.14. The molecule has 0 unspecified atom stereocenters. The van der Waals surface area contributed by atoms with Crippen molar-refractivity contribution < 1.29 is 19.5 Å². The lowest BCUT2D eigenvalue weighted by Crippen LogP contribution is -2.34. The first-order valence-corrected chi connectivity index (χ1v) is 4.20. The van der Waals surface area contributed by atoms with Crippen molar-refractivity contribution in [1.82, 2.24) is 5.06 Å². The highest BCUT2D eigenvalue weighted by Crippen LogP contribution is 2.19. The number of Topliss-reactive ketones (excluding diaryl/α,β-unsaturated/α-hetero) is 1. The number of allylic oxidation sites excluding steroid dienone is 2. The van der Waals surface area contributed by atoms with Crippen LogP contribution in [0, 0.1) is 0 Å². The number of carbonyl (C=O) groups excluding carboxylic acids is 2. The molecule has 0 amide bonds. The molecule has 0 spiro atoms. The molecule has 0 saturated carbocycles. The Kier molecular flexibility index (Phi) is 3.06. The lowest BCUT2D eigenvalue weighted by Gasteiger charge is -2.27. The van der Waals surface area contributed by atoms with E-state index in [1.807, 2.05) is 0 Å².